The Bertz CT molecular complexity index is 224. The Morgan fingerprint density at radius 3 is 2.15 bits per heavy atom. The second kappa shape index (κ2) is 2.48. The summed E-state index contributed by atoms with van der Waals surface area (Å²) in [5.41, 5.74) is 0.0783. The molecule has 2 fully saturated rings. The lowest BCUT2D eigenvalue weighted by molar-refractivity contribution is -0.232. The first-order valence-corrected chi connectivity index (χ1v) is 5.25. The van der Waals surface area contributed by atoms with Crippen LogP contribution in [-0.4, -0.2) is 22.4 Å². The summed E-state index contributed by atoms with van der Waals surface area (Å²) < 4.78 is 0. The van der Waals surface area contributed by atoms with E-state index in [0.29, 0.717) is 11.3 Å². The van der Waals surface area contributed by atoms with Crippen LogP contribution in [0, 0.1) is 16.7 Å². The lowest BCUT2D eigenvalue weighted by Crippen LogP contribution is -2.64. The summed E-state index contributed by atoms with van der Waals surface area (Å²) in [5, 5.41) is 19.6. The van der Waals surface area contributed by atoms with Gasteiger partial charge in [-0.25, -0.2) is 0 Å². The Kier molecular flexibility index (Phi) is 1.81. The topological polar surface area (TPSA) is 40.5 Å². The van der Waals surface area contributed by atoms with Crippen LogP contribution < -0.4 is 0 Å². The normalized spacial score (nSPS) is 53.8. The molecule has 2 aliphatic rings. The quantitative estimate of drug-likeness (QED) is 0.599. The van der Waals surface area contributed by atoms with Crippen LogP contribution in [0.3, 0.4) is 0 Å². The van der Waals surface area contributed by atoms with Gasteiger partial charge in [0, 0.05) is 5.41 Å². The molecule has 2 aliphatic carbocycles. The second-order valence-electron chi connectivity index (χ2n) is 5.71. The van der Waals surface area contributed by atoms with E-state index >= 15 is 0 Å². The minimum absolute atomic E-state index is 0.220. The average molecular weight is 184 g/mol. The van der Waals surface area contributed by atoms with Crippen LogP contribution in [0.15, 0.2) is 0 Å². The van der Waals surface area contributed by atoms with Gasteiger partial charge in [0.25, 0.3) is 0 Å². The zero-order valence-corrected chi connectivity index (χ0v) is 8.75. The molecule has 0 aromatic rings. The molecule has 2 nitrogen and oxygen atoms in total. The molecule has 0 aromatic heterocycles. The number of aliphatic hydroxyl groups is 2. The maximum absolute atomic E-state index is 9.90. The molecule has 76 valence electrons. The van der Waals surface area contributed by atoms with Gasteiger partial charge in [-0.15, -0.1) is 0 Å². The summed E-state index contributed by atoms with van der Waals surface area (Å²) in [6.07, 6.45) is 2.22. The van der Waals surface area contributed by atoms with Crippen molar-refractivity contribution in [1.82, 2.24) is 0 Å². The van der Waals surface area contributed by atoms with E-state index in [2.05, 4.69) is 13.8 Å². The standard InChI is InChI=1S/C11H20O2/c1-10(2)5-4-8(12)11(3)7(10)6-9(11)13/h7-9,12-13H,4-6H2,1-3H3/t7?,8-,9+,11-/m0/s1. The van der Waals surface area contributed by atoms with Crippen molar-refractivity contribution < 1.29 is 10.2 Å². The molecule has 0 aliphatic heterocycles. The lowest BCUT2D eigenvalue weighted by atomic mass is 9.44. The van der Waals surface area contributed by atoms with E-state index in [4.69, 9.17) is 0 Å². The lowest BCUT2D eigenvalue weighted by Gasteiger charge is -2.63. The van der Waals surface area contributed by atoms with Crippen molar-refractivity contribution in [3.63, 3.8) is 0 Å². The third-order valence-electron chi connectivity index (χ3n) is 4.65. The molecule has 2 rings (SSSR count). The van der Waals surface area contributed by atoms with Crippen molar-refractivity contribution in [2.75, 3.05) is 0 Å². The fourth-order valence-electron chi connectivity index (χ4n) is 3.41. The highest BCUT2D eigenvalue weighted by atomic mass is 16.3. The Morgan fingerprint density at radius 2 is 1.69 bits per heavy atom. The maximum Gasteiger partial charge on any atom is 0.0624 e. The van der Waals surface area contributed by atoms with Gasteiger partial charge < -0.3 is 10.2 Å². The zero-order chi connectivity index (χ0) is 9.85. The maximum atomic E-state index is 9.90. The van der Waals surface area contributed by atoms with Crippen LogP contribution in [0.4, 0.5) is 0 Å². The van der Waals surface area contributed by atoms with Crippen LogP contribution in [-0.2, 0) is 0 Å². The predicted octanol–water partition coefficient (Wildman–Crippen LogP) is 1.55. The molecule has 0 radical (unpaired) electrons. The van der Waals surface area contributed by atoms with Gasteiger partial charge in [-0.1, -0.05) is 20.8 Å². The van der Waals surface area contributed by atoms with E-state index in [0.717, 1.165) is 19.3 Å². The Hall–Kier alpha value is -0.0800. The van der Waals surface area contributed by atoms with Gasteiger partial charge in [0.15, 0.2) is 0 Å². The van der Waals surface area contributed by atoms with E-state index in [1.54, 1.807) is 0 Å². The SMILES string of the molecule is CC1(C)CC[C@H](O)[C@]2(C)C1C[C@H]2O. The van der Waals surface area contributed by atoms with Gasteiger partial charge in [0.05, 0.1) is 12.2 Å². The second-order valence-corrected chi connectivity index (χ2v) is 5.71. The highest BCUT2D eigenvalue weighted by Crippen LogP contribution is 2.62. The summed E-state index contributed by atoms with van der Waals surface area (Å²) in [5.74, 6) is 0.499. The fourth-order valence-corrected chi connectivity index (χ4v) is 3.41. The Balaban J connectivity index is 2.27. The largest absolute Gasteiger partial charge is 0.392 e. The molecule has 0 amide bonds. The highest BCUT2D eigenvalue weighted by molar-refractivity contribution is 5.11. The van der Waals surface area contributed by atoms with E-state index < -0.39 is 0 Å². The number of aliphatic hydroxyl groups excluding tert-OH is 2. The summed E-state index contributed by atoms with van der Waals surface area (Å²) in [7, 11) is 0. The molecule has 0 saturated heterocycles. The average Bonchev–Trinajstić information content (AvgIpc) is 2.06. The summed E-state index contributed by atoms with van der Waals surface area (Å²) in [6, 6.07) is 0. The Morgan fingerprint density at radius 1 is 1.08 bits per heavy atom. The number of rotatable bonds is 0. The van der Waals surface area contributed by atoms with Gasteiger partial charge in [-0.2, -0.15) is 0 Å². The molecule has 1 unspecified atom stereocenters. The van der Waals surface area contributed by atoms with Crippen molar-refractivity contribution in [3.8, 4) is 0 Å². The molecule has 2 saturated carbocycles. The first-order chi connectivity index (χ1) is 5.89. The summed E-state index contributed by atoms with van der Waals surface area (Å²) >= 11 is 0. The van der Waals surface area contributed by atoms with Crippen LogP contribution in [0.2, 0.25) is 0 Å². The van der Waals surface area contributed by atoms with Crippen LogP contribution in [0.1, 0.15) is 40.0 Å². The van der Waals surface area contributed by atoms with Gasteiger partial charge >= 0.3 is 0 Å². The van der Waals surface area contributed by atoms with E-state index in [9.17, 15) is 10.2 Å². The number of fused-ring (bicyclic) bond motifs is 1. The van der Waals surface area contributed by atoms with E-state index in [1.165, 1.54) is 0 Å². The molecular formula is C11H20O2. The van der Waals surface area contributed by atoms with Gasteiger partial charge in [0.1, 0.15) is 0 Å². The molecule has 13 heavy (non-hydrogen) atoms. The molecule has 0 spiro atoms. The molecule has 0 heterocycles. The van der Waals surface area contributed by atoms with Crippen molar-refractivity contribution in [2.24, 2.45) is 16.7 Å². The van der Waals surface area contributed by atoms with Crippen LogP contribution in [0.25, 0.3) is 0 Å². The molecule has 2 N–H and O–H groups in total. The van der Waals surface area contributed by atoms with E-state index in [1.807, 2.05) is 6.92 Å². The van der Waals surface area contributed by atoms with Crippen molar-refractivity contribution in [1.29, 1.82) is 0 Å². The molecular weight excluding hydrogens is 164 g/mol. The molecule has 0 aromatic carbocycles. The van der Waals surface area contributed by atoms with Gasteiger partial charge in [-0.05, 0) is 30.6 Å². The molecule has 2 heteroatoms. The van der Waals surface area contributed by atoms with Crippen molar-refractivity contribution in [3.05, 3.63) is 0 Å². The minimum atomic E-state index is -0.297. The van der Waals surface area contributed by atoms with Gasteiger partial charge in [0.2, 0.25) is 0 Å². The zero-order valence-electron chi connectivity index (χ0n) is 8.75. The third-order valence-corrected chi connectivity index (χ3v) is 4.65. The summed E-state index contributed by atoms with van der Waals surface area (Å²) in [4.78, 5) is 0. The third kappa shape index (κ3) is 1.02. The predicted molar refractivity (Wildman–Crippen MR) is 51.2 cm³/mol. The fraction of sp³-hybridized carbons (Fsp3) is 1.00. The smallest absolute Gasteiger partial charge is 0.0624 e. The van der Waals surface area contributed by atoms with Crippen molar-refractivity contribution >= 4 is 0 Å². The summed E-state index contributed by atoms with van der Waals surface area (Å²) in [6.45, 7) is 6.55. The monoisotopic (exact) mass is 184 g/mol. The van der Waals surface area contributed by atoms with Crippen LogP contribution in [0.5, 0.6) is 0 Å². The number of hydrogen-bond acceptors (Lipinski definition) is 2. The van der Waals surface area contributed by atoms with Crippen molar-refractivity contribution in [2.45, 2.75) is 52.2 Å². The molecule has 4 atom stereocenters. The van der Waals surface area contributed by atoms with Crippen LogP contribution >= 0.6 is 0 Å². The highest BCUT2D eigenvalue weighted by Gasteiger charge is 2.62. The Labute approximate surface area is 80.0 Å². The minimum Gasteiger partial charge on any atom is -0.392 e. The first-order valence-electron chi connectivity index (χ1n) is 5.25. The van der Waals surface area contributed by atoms with Gasteiger partial charge in [-0.3, -0.25) is 0 Å². The first kappa shape index (κ1) is 9.47. The molecule has 0 bridgehead atoms. The number of hydrogen-bond donors (Lipinski definition) is 2. The van der Waals surface area contributed by atoms with E-state index in [-0.39, 0.29) is 17.6 Å².